The fraction of sp³-hybridized carbons (Fsp3) is 0.545. The van der Waals surface area contributed by atoms with Crippen molar-refractivity contribution < 1.29 is 4.52 Å². The zero-order valence-electron chi connectivity index (χ0n) is 18.1. The van der Waals surface area contributed by atoms with Crippen LogP contribution in [-0.2, 0) is 13.0 Å². The average Bonchev–Trinajstić information content (AvgIpc) is 3.00. The molecule has 1 aromatic heterocycles. The Morgan fingerprint density at radius 2 is 1.93 bits per heavy atom. The second-order valence-electron chi connectivity index (χ2n) is 7.54. The van der Waals surface area contributed by atoms with Gasteiger partial charge in [0.1, 0.15) is 5.76 Å². The van der Waals surface area contributed by atoms with Crippen LogP contribution >= 0.6 is 24.0 Å². The molecule has 0 atom stereocenters. The number of hydrogen-bond acceptors (Lipinski definition) is 4. The van der Waals surface area contributed by atoms with Gasteiger partial charge in [-0.15, -0.1) is 24.0 Å². The summed E-state index contributed by atoms with van der Waals surface area (Å²) < 4.78 is 5.25. The van der Waals surface area contributed by atoms with Gasteiger partial charge in [-0.2, -0.15) is 0 Å². The largest absolute Gasteiger partial charge is 0.361 e. The van der Waals surface area contributed by atoms with Crippen molar-refractivity contribution in [1.29, 1.82) is 0 Å². The van der Waals surface area contributed by atoms with E-state index in [9.17, 15) is 0 Å². The van der Waals surface area contributed by atoms with Gasteiger partial charge in [0.05, 0.1) is 5.69 Å². The van der Waals surface area contributed by atoms with Crippen molar-refractivity contribution in [3.05, 3.63) is 52.4 Å². The first kappa shape index (κ1) is 23.7. The Labute approximate surface area is 191 Å². The zero-order valence-corrected chi connectivity index (χ0v) is 20.4. The molecule has 0 saturated carbocycles. The predicted octanol–water partition coefficient (Wildman–Crippen LogP) is 3.54. The lowest BCUT2D eigenvalue weighted by atomic mass is 10.1. The monoisotopic (exact) mass is 511 g/mol. The fourth-order valence-corrected chi connectivity index (χ4v) is 3.74. The normalized spacial score (nSPS) is 15.3. The highest BCUT2D eigenvalue weighted by atomic mass is 127. The highest BCUT2D eigenvalue weighted by Crippen LogP contribution is 2.13. The molecular formula is C22H34IN5O. The van der Waals surface area contributed by atoms with E-state index in [0.29, 0.717) is 0 Å². The Balaban J connectivity index is 0.00000300. The molecule has 0 amide bonds. The van der Waals surface area contributed by atoms with Crippen molar-refractivity contribution in [2.45, 2.75) is 40.7 Å². The summed E-state index contributed by atoms with van der Waals surface area (Å²) in [6, 6.07) is 8.81. The molecule has 1 fully saturated rings. The summed E-state index contributed by atoms with van der Waals surface area (Å²) in [5, 5.41) is 7.49. The van der Waals surface area contributed by atoms with Gasteiger partial charge in [-0.05, 0) is 39.7 Å². The molecule has 6 nitrogen and oxygen atoms in total. The molecule has 0 unspecified atom stereocenters. The summed E-state index contributed by atoms with van der Waals surface area (Å²) in [6.07, 6.45) is 0.864. The third-order valence-electron chi connectivity index (χ3n) is 5.30. The lowest BCUT2D eigenvalue weighted by Crippen LogP contribution is -2.52. The van der Waals surface area contributed by atoms with Crippen LogP contribution < -0.4 is 5.32 Å². The third kappa shape index (κ3) is 6.70. The summed E-state index contributed by atoms with van der Waals surface area (Å²) in [7, 11) is 0. The number of piperazine rings is 1. The molecule has 2 aromatic rings. The zero-order chi connectivity index (χ0) is 19.9. The van der Waals surface area contributed by atoms with Crippen LogP contribution in [-0.4, -0.2) is 60.2 Å². The van der Waals surface area contributed by atoms with Gasteiger partial charge in [-0.3, -0.25) is 9.89 Å². The van der Waals surface area contributed by atoms with Gasteiger partial charge in [-0.1, -0.05) is 35.0 Å². The Morgan fingerprint density at radius 3 is 2.55 bits per heavy atom. The van der Waals surface area contributed by atoms with Crippen LogP contribution in [0.1, 0.15) is 35.1 Å². The predicted molar refractivity (Wildman–Crippen MR) is 129 cm³/mol. The molecule has 160 valence electrons. The highest BCUT2D eigenvalue weighted by Gasteiger charge is 2.19. The van der Waals surface area contributed by atoms with Crippen molar-refractivity contribution in [3.8, 4) is 0 Å². The Kier molecular flexibility index (Phi) is 9.42. The Bertz CT molecular complexity index is 777. The van der Waals surface area contributed by atoms with Gasteiger partial charge in [0.2, 0.25) is 0 Å². The van der Waals surface area contributed by atoms with Crippen LogP contribution in [0.25, 0.3) is 0 Å². The van der Waals surface area contributed by atoms with Gasteiger partial charge in [0, 0.05) is 51.4 Å². The van der Waals surface area contributed by atoms with Gasteiger partial charge in [0.25, 0.3) is 0 Å². The minimum Gasteiger partial charge on any atom is -0.361 e. The van der Waals surface area contributed by atoms with E-state index in [4.69, 9.17) is 9.52 Å². The van der Waals surface area contributed by atoms with E-state index in [1.54, 1.807) is 0 Å². The van der Waals surface area contributed by atoms with E-state index < -0.39 is 0 Å². The SMILES string of the molecule is CCNC(=NCCc1c(C)noc1C)N1CCN(Cc2cccc(C)c2)CC1.I. The molecule has 29 heavy (non-hydrogen) atoms. The van der Waals surface area contributed by atoms with Crippen LogP contribution in [0.3, 0.4) is 0 Å². The van der Waals surface area contributed by atoms with Crippen LogP contribution in [0.2, 0.25) is 0 Å². The molecule has 1 aromatic carbocycles. The van der Waals surface area contributed by atoms with E-state index in [1.165, 1.54) is 16.7 Å². The third-order valence-corrected chi connectivity index (χ3v) is 5.30. The molecule has 3 rings (SSSR count). The molecule has 1 saturated heterocycles. The van der Waals surface area contributed by atoms with Crippen molar-refractivity contribution in [2.75, 3.05) is 39.3 Å². The highest BCUT2D eigenvalue weighted by molar-refractivity contribution is 14.0. The summed E-state index contributed by atoms with van der Waals surface area (Å²) in [4.78, 5) is 9.76. The van der Waals surface area contributed by atoms with Crippen LogP contribution in [0.4, 0.5) is 0 Å². The maximum atomic E-state index is 5.25. The quantitative estimate of drug-likeness (QED) is 0.366. The number of aliphatic imine (C=N–C) groups is 1. The van der Waals surface area contributed by atoms with Crippen LogP contribution in [0, 0.1) is 20.8 Å². The van der Waals surface area contributed by atoms with E-state index in [-0.39, 0.29) is 24.0 Å². The Hall–Kier alpha value is -1.61. The van der Waals surface area contributed by atoms with E-state index >= 15 is 0 Å². The first-order valence-electron chi connectivity index (χ1n) is 10.3. The van der Waals surface area contributed by atoms with Gasteiger partial charge < -0.3 is 14.7 Å². The Morgan fingerprint density at radius 1 is 1.17 bits per heavy atom. The maximum Gasteiger partial charge on any atom is 0.194 e. The van der Waals surface area contributed by atoms with Crippen molar-refractivity contribution in [2.24, 2.45) is 4.99 Å². The number of rotatable bonds is 6. The second kappa shape index (κ2) is 11.5. The van der Waals surface area contributed by atoms with Crippen molar-refractivity contribution >= 4 is 29.9 Å². The number of aryl methyl sites for hydroxylation is 3. The first-order chi connectivity index (χ1) is 13.6. The molecule has 7 heteroatoms. The van der Waals surface area contributed by atoms with Crippen LogP contribution in [0.15, 0.2) is 33.8 Å². The topological polar surface area (TPSA) is 56.9 Å². The lowest BCUT2D eigenvalue weighted by Gasteiger charge is -2.36. The minimum absolute atomic E-state index is 0. The van der Waals surface area contributed by atoms with Crippen LogP contribution in [0.5, 0.6) is 0 Å². The molecule has 1 N–H and O–H groups in total. The molecule has 0 radical (unpaired) electrons. The van der Waals surface area contributed by atoms with Gasteiger partial charge >= 0.3 is 0 Å². The van der Waals surface area contributed by atoms with Crippen molar-refractivity contribution in [1.82, 2.24) is 20.3 Å². The number of hydrogen-bond donors (Lipinski definition) is 1. The summed E-state index contributed by atoms with van der Waals surface area (Å²) in [5.74, 6) is 1.92. The minimum atomic E-state index is 0. The lowest BCUT2D eigenvalue weighted by molar-refractivity contribution is 0.172. The number of nitrogens with zero attached hydrogens (tertiary/aromatic N) is 4. The van der Waals surface area contributed by atoms with Gasteiger partial charge in [0.15, 0.2) is 5.96 Å². The summed E-state index contributed by atoms with van der Waals surface area (Å²) in [6.45, 7) is 15.0. The van der Waals surface area contributed by atoms with E-state index in [2.05, 4.69) is 58.4 Å². The number of halogens is 1. The standard InChI is InChI=1S/C22H33N5O.HI/c1-5-23-22(24-10-9-21-18(3)25-28-19(21)4)27-13-11-26(12-14-27)16-20-8-6-7-17(2)15-20;/h6-8,15H,5,9-14,16H2,1-4H3,(H,23,24);1H. The maximum absolute atomic E-state index is 5.25. The summed E-state index contributed by atoms with van der Waals surface area (Å²) in [5.41, 5.74) is 4.88. The molecule has 0 bridgehead atoms. The fourth-order valence-electron chi connectivity index (χ4n) is 3.74. The summed E-state index contributed by atoms with van der Waals surface area (Å²) >= 11 is 0. The molecule has 1 aliphatic rings. The smallest absolute Gasteiger partial charge is 0.194 e. The first-order valence-corrected chi connectivity index (χ1v) is 10.3. The van der Waals surface area contributed by atoms with E-state index in [1.807, 2.05) is 13.8 Å². The molecule has 0 spiro atoms. The van der Waals surface area contributed by atoms with Gasteiger partial charge in [-0.25, -0.2) is 0 Å². The average molecular weight is 511 g/mol. The molecular weight excluding hydrogens is 477 g/mol. The number of benzene rings is 1. The van der Waals surface area contributed by atoms with Crippen molar-refractivity contribution in [3.63, 3.8) is 0 Å². The number of aromatic nitrogens is 1. The number of guanidine groups is 1. The van der Waals surface area contributed by atoms with E-state index in [0.717, 1.165) is 69.6 Å². The molecule has 2 heterocycles. The molecule has 0 aliphatic carbocycles. The number of nitrogens with one attached hydrogen (secondary N) is 1. The second-order valence-corrected chi connectivity index (χ2v) is 7.54. The molecule has 1 aliphatic heterocycles.